The van der Waals surface area contributed by atoms with E-state index in [1.165, 1.54) is 0 Å². The maximum Gasteiger partial charge on any atom is 0.335 e. The molecule has 1 N–H and O–H groups in total. The first-order valence-electron chi connectivity index (χ1n) is 6.40. The van der Waals surface area contributed by atoms with Gasteiger partial charge in [0.2, 0.25) is 11.8 Å². The lowest BCUT2D eigenvalue weighted by atomic mass is 9.99. The zero-order chi connectivity index (χ0) is 14.9. The Morgan fingerprint density at radius 1 is 1.30 bits per heavy atom. The quantitative estimate of drug-likeness (QED) is 0.861. The molecular formula is C14H15BrN2O3. The van der Waals surface area contributed by atoms with Crippen LogP contribution in [-0.2, 0) is 9.59 Å². The number of imide groups is 2. The van der Waals surface area contributed by atoms with Crippen LogP contribution in [0.3, 0.4) is 0 Å². The van der Waals surface area contributed by atoms with Crippen LogP contribution >= 0.6 is 15.9 Å². The second-order valence-corrected chi connectivity index (χ2v) is 5.62. The molecule has 4 amide bonds. The van der Waals surface area contributed by atoms with E-state index in [2.05, 4.69) is 21.2 Å². The van der Waals surface area contributed by atoms with Gasteiger partial charge in [0.15, 0.2) is 0 Å². The van der Waals surface area contributed by atoms with Crippen molar-refractivity contribution in [2.75, 3.05) is 4.90 Å². The Kier molecular flexibility index (Phi) is 4.23. The summed E-state index contributed by atoms with van der Waals surface area (Å²) in [5.74, 6) is -1.78. The number of hydrogen-bond donors (Lipinski definition) is 1. The Labute approximate surface area is 125 Å². The van der Waals surface area contributed by atoms with Gasteiger partial charge >= 0.3 is 6.03 Å². The number of amides is 4. The predicted molar refractivity (Wildman–Crippen MR) is 78.3 cm³/mol. The Morgan fingerprint density at radius 2 is 2.00 bits per heavy atom. The highest BCUT2D eigenvalue weighted by Crippen LogP contribution is 2.30. The summed E-state index contributed by atoms with van der Waals surface area (Å²) in [6.07, 6.45) is 1.12. The molecule has 20 heavy (non-hydrogen) atoms. The highest BCUT2D eigenvalue weighted by Gasteiger charge is 2.41. The second-order valence-electron chi connectivity index (χ2n) is 4.76. The van der Waals surface area contributed by atoms with E-state index in [0.717, 1.165) is 10.5 Å². The third-order valence-electron chi connectivity index (χ3n) is 3.19. The van der Waals surface area contributed by atoms with Gasteiger partial charge in [-0.05, 0) is 47.0 Å². The molecule has 2 rings (SSSR count). The van der Waals surface area contributed by atoms with Crippen molar-refractivity contribution in [3.05, 3.63) is 28.2 Å². The smallest absolute Gasteiger partial charge is 0.277 e. The predicted octanol–water partition coefficient (Wildman–Crippen LogP) is 2.76. The molecule has 0 aliphatic carbocycles. The largest absolute Gasteiger partial charge is 0.335 e. The number of aryl methyl sites for hydroxylation is 1. The van der Waals surface area contributed by atoms with Gasteiger partial charge in [0.25, 0.3) is 0 Å². The first kappa shape index (κ1) is 14.7. The van der Waals surface area contributed by atoms with E-state index in [0.29, 0.717) is 23.0 Å². The van der Waals surface area contributed by atoms with Crippen molar-refractivity contribution in [2.24, 2.45) is 5.92 Å². The molecular weight excluding hydrogens is 324 g/mol. The molecule has 0 bridgehead atoms. The Morgan fingerprint density at radius 3 is 2.60 bits per heavy atom. The number of hydrogen-bond acceptors (Lipinski definition) is 3. The number of barbiturate groups is 1. The standard InChI is InChI=1S/C14H15BrN2O3/c1-3-4-9-12(18)16-14(20)17(13(9)19)11-6-5-8(2)7-10(11)15/h5-7,9H,3-4H2,1-2H3,(H,16,18,20). The second kappa shape index (κ2) is 5.75. The average Bonchev–Trinajstić information content (AvgIpc) is 2.37. The summed E-state index contributed by atoms with van der Waals surface area (Å²) in [4.78, 5) is 37.1. The highest BCUT2D eigenvalue weighted by molar-refractivity contribution is 9.10. The molecule has 0 radical (unpaired) electrons. The summed E-state index contributed by atoms with van der Waals surface area (Å²) in [5.41, 5.74) is 1.46. The van der Waals surface area contributed by atoms with Crippen LogP contribution in [0.4, 0.5) is 10.5 Å². The van der Waals surface area contributed by atoms with Crippen LogP contribution < -0.4 is 10.2 Å². The van der Waals surface area contributed by atoms with Crippen LogP contribution in [0.25, 0.3) is 0 Å². The molecule has 1 aromatic rings. The van der Waals surface area contributed by atoms with E-state index in [4.69, 9.17) is 0 Å². The molecule has 1 aromatic carbocycles. The molecule has 5 nitrogen and oxygen atoms in total. The normalized spacial score (nSPS) is 19.2. The SMILES string of the molecule is CCCC1C(=O)NC(=O)N(c2ccc(C)cc2Br)C1=O. The number of benzene rings is 1. The minimum absolute atomic E-state index is 0.428. The molecule has 0 spiro atoms. The molecule has 1 fully saturated rings. The van der Waals surface area contributed by atoms with Gasteiger partial charge in [-0.25, -0.2) is 9.69 Å². The van der Waals surface area contributed by atoms with Gasteiger partial charge in [0.1, 0.15) is 5.92 Å². The van der Waals surface area contributed by atoms with Crippen molar-refractivity contribution < 1.29 is 14.4 Å². The third-order valence-corrected chi connectivity index (χ3v) is 3.82. The average molecular weight is 339 g/mol. The summed E-state index contributed by atoms with van der Waals surface area (Å²) in [6.45, 7) is 3.80. The summed E-state index contributed by atoms with van der Waals surface area (Å²) >= 11 is 3.35. The molecule has 1 aliphatic rings. The van der Waals surface area contributed by atoms with Crippen LogP contribution in [-0.4, -0.2) is 17.8 Å². The van der Waals surface area contributed by atoms with Crippen LogP contribution in [0.15, 0.2) is 22.7 Å². The molecule has 0 saturated carbocycles. The van der Waals surface area contributed by atoms with E-state index in [1.54, 1.807) is 6.07 Å². The number of anilines is 1. The number of nitrogens with zero attached hydrogens (tertiary/aromatic N) is 1. The van der Waals surface area contributed by atoms with Crippen LogP contribution in [0.5, 0.6) is 0 Å². The topological polar surface area (TPSA) is 66.5 Å². The molecule has 1 saturated heterocycles. The number of halogens is 1. The third kappa shape index (κ3) is 2.60. The van der Waals surface area contributed by atoms with Crippen LogP contribution in [0.2, 0.25) is 0 Å². The minimum Gasteiger partial charge on any atom is -0.277 e. The van der Waals surface area contributed by atoms with E-state index in [1.807, 2.05) is 26.0 Å². The van der Waals surface area contributed by atoms with Crippen LogP contribution in [0, 0.1) is 12.8 Å². The van der Waals surface area contributed by atoms with Crippen molar-refractivity contribution in [1.82, 2.24) is 5.32 Å². The van der Waals surface area contributed by atoms with Gasteiger partial charge in [0, 0.05) is 4.47 Å². The monoisotopic (exact) mass is 338 g/mol. The lowest BCUT2D eigenvalue weighted by molar-refractivity contribution is -0.134. The Hall–Kier alpha value is -1.69. The molecule has 0 aromatic heterocycles. The van der Waals surface area contributed by atoms with Crippen molar-refractivity contribution in [3.8, 4) is 0 Å². The lowest BCUT2D eigenvalue weighted by Gasteiger charge is -2.30. The number of carbonyl (C=O) groups excluding carboxylic acids is 3. The molecule has 1 heterocycles. The van der Waals surface area contributed by atoms with E-state index < -0.39 is 23.8 Å². The molecule has 1 atom stereocenters. The Bertz CT molecular complexity index is 586. The highest BCUT2D eigenvalue weighted by atomic mass is 79.9. The summed E-state index contributed by atoms with van der Waals surface area (Å²) < 4.78 is 0.644. The molecule has 106 valence electrons. The zero-order valence-electron chi connectivity index (χ0n) is 11.3. The van der Waals surface area contributed by atoms with Gasteiger partial charge in [-0.15, -0.1) is 0 Å². The summed E-state index contributed by atoms with van der Waals surface area (Å²) in [7, 11) is 0. The van der Waals surface area contributed by atoms with Crippen molar-refractivity contribution >= 4 is 39.5 Å². The van der Waals surface area contributed by atoms with E-state index in [-0.39, 0.29) is 0 Å². The van der Waals surface area contributed by atoms with Gasteiger partial charge in [-0.3, -0.25) is 14.9 Å². The van der Waals surface area contributed by atoms with Gasteiger partial charge in [0.05, 0.1) is 5.69 Å². The van der Waals surface area contributed by atoms with Gasteiger partial charge < -0.3 is 0 Å². The number of urea groups is 1. The summed E-state index contributed by atoms with van der Waals surface area (Å²) in [6, 6.07) is 4.62. The van der Waals surface area contributed by atoms with Crippen molar-refractivity contribution in [2.45, 2.75) is 26.7 Å². The van der Waals surface area contributed by atoms with Crippen LogP contribution in [0.1, 0.15) is 25.3 Å². The van der Waals surface area contributed by atoms with Crippen molar-refractivity contribution in [3.63, 3.8) is 0 Å². The van der Waals surface area contributed by atoms with E-state index in [9.17, 15) is 14.4 Å². The molecule has 6 heteroatoms. The lowest BCUT2D eigenvalue weighted by Crippen LogP contribution is -2.58. The Balaban J connectivity index is 2.41. The van der Waals surface area contributed by atoms with Crippen molar-refractivity contribution in [1.29, 1.82) is 0 Å². The number of nitrogens with one attached hydrogen (secondary N) is 1. The molecule has 1 unspecified atom stereocenters. The first-order chi connectivity index (χ1) is 9.45. The number of rotatable bonds is 3. The summed E-state index contributed by atoms with van der Waals surface area (Å²) in [5, 5.41) is 2.24. The number of carbonyl (C=O) groups is 3. The fourth-order valence-electron chi connectivity index (χ4n) is 2.18. The fraction of sp³-hybridized carbons (Fsp3) is 0.357. The maximum absolute atomic E-state index is 12.4. The maximum atomic E-state index is 12.4. The van der Waals surface area contributed by atoms with Gasteiger partial charge in [-0.1, -0.05) is 19.4 Å². The first-order valence-corrected chi connectivity index (χ1v) is 7.20. The molecule has 1 aliphatic heterocycles. The zero-order valence-corrected chi connectivity index (χ0v) is 12.9. The van der Waals surface area contributed by atoms with Gasteiger partial charge in [-0.2, -0.15) is 0 Å². The minimum atomic E-state index is -0.800. The van der Waals surface area contributed by atoms with E-state index >= 15 is 0 Å². The fourth-order valence-corrected chi connectivity index (χ4v) is 2.85.